The summed E-state index contributed by atoms with van der Waals surface area (Å²) in [5.41, 5.74) is 0.678. The van der Waals surface area contributed by atoms with Crippen LogP contribution >= 0.6 is 0 Å². The van der Waals surface area contributed by atoms with Crippen LogP contribution in [0.5, 0.6) is 0 Å². The molecule has 0 spiro atoms. The predicted octanol–water partition coefficient (Wildman–Crippen LogP) is 5.91. The fraction of sp³-hybridized carbons (Fsp3) is 1.00. The lowest BCUT2D eigenvalue weighted by Gasteiger charge is -2.17. The van der Waals surface area contributed by atoms with Crippen LogP contribution in [-0.2, 0) is 0 Å². The van der Waals surface area contributed by atoms with Gasteiger partial charge in [0.1, 0.15) is 0 Å². The first-order valence-corrected chi connectivity index (χ1v) is 7.81. The second-order valence-corrected chi connectivity index (χ2v) is 7.88. The van der Waals surface area contributed by atoms with Gasteiger partial charge in [-0.2, -0.15) is 0 Å². The van der Waals surface area contributed by atoms with Crippen molar-refractivity contribution in [1.29, 1.82) is 0 Å². The lowest BCUT2D eigenvalue weighted by Crippen LogP contribution is -2.04. The molecule has 3 unspecified atom stereocenters. The molecule has 1 aliphatic rings. The molecule has 17 heavy (non-hydrogen) atoms. The van der Waals surface area contributed by atoms with Crippen molar-refractivity contribution in [3.05, 3.63) is 0 Å². The predicted molar refractivity (Wildman–Crippen MR) is 78.1 cm³/mol. The Morgan fingerprint density at radius 1 is 0.882 bits per heavy atom. The Hall–Kier alpha value is 0. The molecule has 1 saturated carbocycles. The first-order chi connectivity index (χ1) is 7.81. The van der Waals surface area contributed by atoms with Crippen LogP contribution in [-0.4, -0.2) is 0 Å². The lowest BCUT2D eigenvalue weighted by atomic mass is 9.89. The molecule has 3 atom stereocenters. The Kier molecular flexibility index (Phi) is 5.54. The van der Waals surface area contributed by atoms with Crippen LogP contribution in [0.25, 0.3) is 0 Å². The molecule has 0 heterocycles. The van der Waals surface area contributed by atoms with Gasteiger partial charge >= 0.3 is 0 Å². The van der Waals surface area contributed by atoms with Crippen molar-refractivity contribution in [3.63, 3.8) is 0 Å². The minimum absolute atomic E-state index is 0.678. The van der Waals surface area contributed by atoms with Crippen molar-refractivity contribution in [2.45, 2.75) is 80.1 Å². The van der Waals surface area contributed by atoms with Crippen LogP contribution in [0.4, 0.5) is 0 Å². The molecule has 0 amide bonds. The molecule has 1 rings (SSSR count). The zero-order chi connectivity index (χ0) is 13.1. The Bertz CT molecular complexity index is 214. The van der Waals surface area contributed by atoms with E-state index in [4.69, 9.17) is 0 Å². The minimum Gasteiger partial charge on any atom is -0.0628 e. The summed E-state index contributed by atoms with van der Waals surface area (Å²) in [7, 11) is 0. The van der Waals surface area contributed by atoms with E-state index in [1.807, 2.05) is 0 Å². The average Bonchev–Trinajstić information content (AvgIpc) is 2.79. The van der Waals surface area contributed by atoms with E-state index in [1.54, 1.807) is 0 Å². The van der Waals surface area contributed by atoms with E-state index in [0.29, 0.717) is 5.41 Å². The normalized spacial score (nSPS) is 25.9. The molecular weight excluding hydrogens is 204 g/mol. The van der Waals surface area contributed by atoms with Gasteiger partial charge in [0, 0.05) is 0 Å². The third-order valence-electron chi connectivity index (χ3n) is 4.79. The molecule has 0 bridgehead atoms. The maximum absolute atomic E-state index is 2.46. The van der Waals surface area contributed by atoms with Gasteiger partial charge < -0.3 is 0 Å². The molecule has 0 nitrogen and oxygen atoms in total. The highest BCUT2D eigenvalue weighted by atomic mass is 14.5. The molecule has 1 fully saturated rings. The maximum Gasteiger partial charge on any atom is -0.0323 e. The summed E-state index contributed by atoms with van der Waals surface area (Å²) < 4.78 is 0. The topological polar surface area (TPSA) is 0 Å². The van der Waals surface area contributed by atoms with E-state index in [0.717, 1.165) is 23.7 Å². The lowest BCUT2D eigenvalue weighted by molar-refractivity contribution is 0.354. The largest absolute Gasteiger partial charge is 0.0628 e. The van der Waals surface area contributed by atoms with Crippen molar-refractivity contribution in [2.24, 2.45) is 29.1 Å². The van der Waals surface area contributed by atoms with Crippen molar-refractivity contribution >= 4 is 0 Å². The van der Waals surface area contributed by atoms with Crippen LogP contribution in [0, 0.1) is 29.1 Å². The van der Waals surface area contributed by atoms with Gasteiger partial charge in [0.05, 0.1) is 0 Å². The summed E-state index contributed by atoms with van der Waals surface area (Å²) in [6.45, 7) is 14.4. The number of rotatable bonds is 8. The van der Waals surface area contributed by atoms with Crippen molar-refractivity contribution in [1.82, 2.24) is 0 Å². The van der Waals surface area contributed by atoms with Gasteiger partial charge in [0.2, 0.25) is 0 Å². The number of hydrogen-bond acceptors (Lipinski definition) is 0. The fourth-order valence-electron chi connectivity index (χ4n) is 2.91. The third-order valence-corrected chi connectivity index (χ3v) is 4.79. The zero-order valence-corrected chi connectivity index (χ0v) is 13.1. The second kappa shape index (κ2) is 6.25. The summed E-state index contributed by atoms with van der Waals surface area (Å²) in [6.07, 6.45) is 8.68. The molecule has 0 aromatic rings. The highest BCUT2D eigenvalue weighted by Crippen LogP contribution is 2.55. The van der Waals surface area contributed by atoms with E-state index in [2.05, 4.69) is 41.5 Å². The minimum atomic E-state index is 0.678. The fourth-order valence-corrected chi connectivity index (χ4v) is 2.91. The SMILES string of the molecule is CC(C)CCC(C)CCC(C)CC1CC1(C)C. The first kappa shape index (κ1) is 15.1. The molecule has 0 aromatic heterocycles. The maximum atomic E-state index is 2.46. The van der Waals surface area contributed by atoms with Crippen molar-refractivity contribution < 1.29 is 0 Å². The van der Waals surface area contributed by atoms with Crippen LogP contribution in [0.3, 0.4) is 0 Å². The zero-order valence-electron chi connectivity index (χ0n) is 13.1. The van der Waals surface area contributed by atoms with Crippen molar-refractivity contribution in [2.75, 3.05) is 0 Å². The Labute approximate surface area is 110 Å². The Balaban J connectivity index is 2.05. The van der Waals surface area contributed by atoms with Gasteiger partial charge in [-0.05, 0) is 41.9 Å². The summed E-state index contributed by atoms with van der Waals surface area (Å²) in [5, 5.41) is 0. The monoisotopic (exact) mass is 238 g/mol. The molecular formula is C17H34. The molecule has 0 radical (unpaired) electrons. The van der Waals surface area contributed by atoms with Gasteiger partial charge in [0.25, 0.3) is 0 Å². The smallest absolute Gasteiger partial charge is 0.0323 e. The van der Waals surface area contributed by atoms with Gasteiger partial charge in [-0.1, -0.05) is 67.2 Å². The molecule has 0 saturated heterocycles. The van der Waals surface area contributed by atoms with Gasteiger partial charge in [-0.3, -0.25) is 0 Å². The van der Waals surface area contributed by atoms with E-state index in [9.17, 15) is 0 Å². The second-order valence-electron chi connectivity index (χ2n) is 7.88. The van der Waals surface area contributed by atoms with Crippen molar-refractivity contribution in [3.8, 4) is 0 Å². The molecule has 0 heteroatoms. The molecule has 1 aliphatic carbocycles. The summed E-state index contributed by atoms with van der Waals surface area (Å²) in [6, 6.07) is 0. The van der Waals surface area contributed by atoms with Crippen LogP contribution in [0.1, 0.15) is 80.1 Å². The molecule has 0 aromatic carbocycles. The molecule has 102 valence electrons. The summed E-state index contributed by atoms with van der Waals surface area (Å²) >= 11 is 0. The van der Waals surface area contributed by atoms with E-state index in [-0.39, 0.29) is 0 Å². The number of hydrogen-bond donors (Lipinski definition) is 0. The highest BCUT2D eigenvalue weighted by molar-refractivity contribution is 4.95. The Morgan fingerprint density at radius 2 is 1.35 bits per heavy atom. The van der Waals surface area contributed by atoms with Crippen LogP contribution in [0.15, 0.2) is 0 Å². The van der Waals surface area contributed by atoms with Gasteiger partial charge in [-0.15, -0.1) is 0 Å². The summed E-state index contributed by atoms with van der Waals surface area (Å²) in [4.78, 5) is 0. The van der Waals surface area contributed by atoms with Crippen LogP contribution in [0.2, 0.25) is 0 Å². The van der Waals surface area contributed by atoms with E-state index in [1.165, 1.54) is 38.5 Å². The van der Waals surface area contributed by atoms with E-state index >= 15 is 0 Å². The molecule has 0 N–H and O–H groups in total. The standard InChI is InChI=1S/C17H34/c1-13(2)7-8-14(3)9-10-15(4)11-16-12-17(16,5)6/h13-16H,7-12H2,1-6H3. The quantitative estimate of drug-likeness (QED) is 0.493. The average molecular weight is 238 g/mol. The van der Waals surface area contributed by atoms with Gasteiger partial charge in [0.15, 0.2) is 0 Å². The molecule has 0 aliphatic heterocycles. The van der Waals surface area contributed by atoms with Crippen LogP contribution < -0.4 is 0 Å². The van der Waals surface area contributed by atoms with Gasteiger partial charge in [-0.25, -0.2) is 0 Å². The van der Waals surface area contributed by atoms with E-state index < -0.39 is 0 Å². The Morgan fingerprint density at radius 3 is 1.82 bits per heavy atom. The summed E-state index contributed by atoms with van der Waals surface area (Å²) in [5.74, 6) is 3.79. The third kappa shape index (κ3) is 5.93. The highest BCUT2D eigenvalue weighted by Gasteiger charge is 2.45. The first-order valence-electron chi connectivity index (χ1n) is 7.81.